The first-order valence-corrected chi connectivity index (χ1v) is 7.82. The molecule has 24 heavy (non-hydrogen) atoms. The molecule has 0 aliphatic carbocycles. The summed E-state index contributed by atoms with van der Waals surface area (Å²) < 4.78 is 5.25. The minimum Gasteiger partial charge on any atom is -0.497 e. The molecule has 6 heteroatoms. The van der Waals surface area contributed by atoms with E-state index in [4.69, 9.17) is 4.74 Å². The number of methoxy groups -OCH3 is 1. The normalized spacial score (nSPS) is 20.2. The van der Waals surface area contributed by atoms with Gasteiger partial charge in [0, 0.05) is 18.3 Å². The highest BCUT2D eigenvalue weighted by atomic mass is 16.5. The summed E-state index contributed by atoms with van der Waals surface area (Å²) >= 11 is 0. The van der Waals surface area contributed by atoms with E-state index in [1.807, 2.05) is 24.3 Å². The Balaban J connectivity index is 1.95. The zero-order valence-electron chi connectivity index (χ0n) is 13.7. The number of pyridine rings is 1. The van der Waals surface area contributed by atoms with Crippen molar-refractivity contribution >= 4 is 5.91 Å². The number of amides is 1. The maximum atomic E-state index is 12.9. The van der Waals surface area contributed by atoms with Gasteiger partial charge >= 0.3 is 0 Å². The van der Waals surface area contributed by atoms with Crippen molar-refractivity contribution in [3.63, 3.8) is 0 Å². The molecule has 1 aromatic carbocycles. The van der Waals surface area contributed by atoms with E-state index in [1.165, 1.54) is 12.1 Å². The Hall–Kier alpha value is -2.60. The monoisotopic (exact) mass is 328 g/mol. The molecule has 0 unspecified atom stereocenters. The van der Waals surface area contributed by atoms with Gasteiger partial charge in [-0.3, -0.25) is 9.59 Å². The zero-order valence-corrected chi connectivity index (χ0v) is 13.7. The van der Waals surface area contributed by atoms with Crippen LogP contribution in [0.25, 0.3) is 0 Å². The highest BCUT2D eigenvalue weighted by Gasteiger charge is 2.36. The molecule has 1 saturated heterocycles. The minimum absolute atomic E-state index is 0.201. The van der Waals surface area contributed by atoms with Crippen LogP contribution in [0.2, 0.25) is 0 Å². The van der Waals surface area contributed by atoms with Crippen molar-refractivity contribution < 1.29 is 14.6 Å². The average Bonchev–Trinajstić information content (AvgIpc) is 2.96. The van der Waals surface area contributed by atoms with E-state index in [9.17, 15) is 14.7 Å². The molecule has 0 saturated carbocycles. The van der Waals surface area contributed by atoms with Gasteiger partial charge in [-0.2, -0.15) is 0 Å². The Morgan fingerprint density at radius 1 is 1.33 bits per heavy atom. The van der Waals surface area contributed by atoms with Crippen molar-refractivity contribution in [2.45, 2.75) is 25.5 Å². The van der Waals surface area contributed by atoms with E-state index in [0.717, 1.165) is 5.56 Å². The van der Waals surface area contributed by atoms with Crippen molar-refractivity contribution in [2.24, 2.45) is 0 Å². The van der Waals surface area contributed by atoms with Crippen molar-refractivity contribution in [1.29, 1.82) is 0 Å². The number of likely N-dealkylation sites (tertiary alicyclic amines) is 1. The fourth-order valence-corrected chi connectivity index (χ4v) is 3.17. The predicted molar refractivity (Wildman–Crippen MR) is 89.2 cm³/mol. The molecule has 0 radical (unpaired) electrons. The molecule has 6 nitrogen and oxygen atoms in total. The van der Waals surface area contributed by atoms with Gasteiger partial charge in [0.1, 0.15) is 5.75 Å². The zero-order chi connectivity index (χ0) is 17.3. The summed E-state index contributed by atoms with van der Waals surface area (Å²) in [6.45, 7) is 1.96. The number of nitrogens with one attached hydrogen (secondary N) is 1. The third kappa shape index (κ3) is 3.05. The minimum atomic E-state index is -0.576. The molecule has 126 valence electrons. The van der Waals surface area contributed by atoms with Crippen LogP contribution in [-0.2, 0) is 0 Å². The van der Waals surface area contributed by atoms with Crippen LogP contribution in [0.1, 0.15) is 34.1 Å². The first-order valence-electron chi connectivity index (χ1n) is 7.82. The van der Waals surface area contributed by atoms with Crippen LogP contribution in [0.5, 0.6) is 5.75 Å². The second-order valence-electron chi connectivity index (χ2n) is 6.00. The van der Waals surface area contributed by atoms with Crippen molar-refractivity contribution in [1.82, 2.24) is 9.88 Å². The Kier molecular flexibility index (Phi) is 4.40. The second kappa shape index (κ2) is 6.49. The number of hydrogen-bond donors (Lipinski definition) is 2. The number of hydrogen-bond acceptors (Lipinski definition) is 4. The van der Waals surface area contributed by atoms with E-state index in [1.54, 1.807) is 18.9 Å². The van der Waals surface area contributed by atoms with Gasteiger partial charge in [0.25, 0.3) is 5.91 Å². The number of aliphatic hydroxyl groups is 1. The van der Waals surface area contributed by atoms with Crippen LogP contribution in [0.3, 0.4) is 0 Å². The van der Waals surface area contributed by atoms with Crippen LogP contribution < -0.4 is 10.3 Å². The SMILES string of the molecule is COc1cccc([C@H]2C[C@H](O)CN2C(=O)c2ccc(=O)[nH]c2C)c1. The number of ether oxygens (including phenoxy) is 1. The van der Waals surface area contributed by atoms with Crippen LogP contribution >= 0.6 is 0 Å². The Morgan fingerprint density at radius 2 is 2.12 bits per heavy atom. The number of H-pyrrole nitrogens is 1. The summed E-state index contributed by atoms with van der Waals surface area (Å²) in [5, 5.41) is 10.1. The summed E-state index contributed by atoms with van der Waals surface area (Å²) in [5.74, 6) is 0.509. The van der Waals surface area contributed by atoms with Gasteiger partial charge in [-0.1, -0.05) is 12.1 Å². The van der Waals surface area contributed by atoms with E-state index < -0.39 is 6.10 Å². The highest BCUT2D eigenvalue weighted by Crippen LogP contribution is 2.34. The maximum Gasteiger partial charge on any atom is 0.256 e. The predicted octanol–water partition coefficient (Wildman–Crippen LogP) is 1.64. The fraction of sp³-hybridized carbons (Fsp3) is 0.333. The summed E-state index contributed by atoms with van der Waals surface area (Å²) in [4.78, 5) is 28.6. The lowest BCUT2D eigenvalue weighted by molar-refractivity contribution is 0.0714. The third-order valence-electron chi connectivity index (χ3n) is 4.36. The lowest BCUT2D eigenvalue weighted by Crippen LogP contribution is -2.33. The Labute approximate surface area is 139 Å². The number of rotatable bonds is 3. The standard InChI is InChI=1S/C18H20N2O4/c1-11-15(6-7-17(22)19-11)18(23)20-10-13(21)9-16(20)12-4-3-5-14(8-12)24-2/h3-8,13,16,21H,9-10H2,1-2H3,(H,19,22)/t13-,16+/m0/s1. The van der Waals surface area contributed by atoms with Crippen molar-refractivity contribution in [3.8, 4) is 5.75 Å². The largest absolute Gasteiger partial charge is 0.497 e. The molecule has 3 rings (SSSR count). The van der Waals surface area contributed by atoms with Gasteiger partial charge in [-0.05, 0) is 37.1 Å². The number of aryl methyl sites for hydroxylation is 1. The van der Waals surface area contributed by atoms with E-state index in [2.05, 4.69) is 4.98 Å². The number of aromatic amines is 1. The third-order valence-corrected chi connectivity index (χ3v) is 4.36. The smallest absolute Gasteiger partial charge is 0.256 e. The number of aromatic nitrogens is 1. The molecule has 0 bridgehead atoms. The van der Waals surface area contributed by atoms with E-state index in [0.29, 0.717) is 23.4 Å². The molecule has 2 aromatic rings. The van der Waals surface area contributed by atoms with Gasteiger partial charge in [-0.25, -0.2) is 0 Å². The summed E-state index contributed by atoms with van der Waals surface area (Å²) in [6.07, 6.45) is -0.102. The summed E-state index contributed by atoms with van der Waals surface area (Å²) in [7, 11) is 1.59. The van der Waals surface area contributed by atoms with Crippen LogP contribution in [0.15, 0.2) is 41.2 Å². The first-order chi connectivity index (χ1) is 11.5. The van der Waals surface area contributed by atoms with Gasteiger partial charge in [-0.15, -0.1) is 0 Å². The van der Waals surface area contributed by atoms with E-state index >= 15 is 0 Å². The van der Waals surface area contributed by atoms with Gasteiger partial charge < -0.3 is 19.7 Å². The Bertz CT molecular complexity index is 815. The quantitative estimate of drug-likeness (QED) is 0.897. The molecule has 2 atom stereocenters. The molecular weight excluding hydrogens is 308 g/mol. The first kappa shape index (κ1) is 16.3. The molecule has 1 fully saturated rings. The molecular formula is C18H20N2O4. The average molecular weight is 328 g/mol. The number of β-amino-alcohol motifs (C(OH)–C–C–N with tert-alkyl or cyclic N) is 1. The number of carbonyl (C=O) groups excluding carboxylic acids is 1. The molecule has 2 heterocycles. The number of aliphatic hydroxyl groups excluding tert-OH is 1. The maximum absolute atomic E-state index is 12.9. The molecule has 2 N–H and O–H groups in total. The molecule has 0 spiro atoms. The number of benzene rings is 1. The van der Waals surface area contributed by atoms with Crippen LogP contribution in [-0.4, -0.2) is 40.7 Å². The van der Waals surface area contributed by atoms with Crippen LogP contribution in [0, 0.1) is 6.92 Å². The lowest BCUT2D eigenvalue weighted by Gasteiger charge is -2.25. The summed E-state index contributed by atoms with van der Waals surface area (Å²) in [6, 6.07) is 10.2. The van der Waals surface area contributed by atoms with Gasteiger partial charge in [0.05, 0.1) is 24.8 Å². The van der Waals surface area contributed by atoms with Crippen molar-refractivity contribution in [2.75, 3.05) is 13.7 Å². The van der Waals surface area contributed by atoms with Crippen LogP contribution in [0.4, 0.5) is 0 Å². The van der Waals surface area contributed by atoms with Gasteiger partial charge in [0.15, 0.2) is 0 Å². The number of nitrogens with zero attached hydrogens (tertiary/aromatic N) is 1. The molecule has 1 amide bonds. The van der Waals surface area contributed by atoms with Gasteiger partial charge in [0.2, 0.25) is 5.56 Å². The fourth-order valence-electron chi connectivity index (χ4n) is 3.17. The second-order valence-corrected chi connectivity index (χ2v) is 6.00. The highest BCUT2D eigenvalue weighted by molar-refractivity contribution is 5.95. The molecule has 1 aromatic heterocycles. The summed E-state index contributed by atoms with van der Waals surface area (Å²) in [5.41, 5.74) is 1.64. The topological polar surface area (TPSA) is 82.6 Å². The molecule has 1 aliphatic rings. The molecule has 1 aliphatic heterocycles. The lowest BCUT2D eigenvalue weighted by atomic mass is 10.0. The Morgan fingerprint density at radius 3 is 2.83 bits per heavy atom. The van der Waals surface area contributed by atoms with Crippen molar-refractivity contribution in [3.05, 3.63) is 63.6 Å². The van der Waals surface area contributed by atoms with E-state index in [-0.39, 0.29) is 24.1 Å². The number of carbonyl (C=O) groups is 1.